The summed E-state index contributed by atoms with van der Waals surface area (Å²) in [5, 5.41) is 0. The van der Waals surface area contributed by atoms with E-state index in [0.29, 0.717) is 19.1 Å². The highest BCUT2D eigenvalue weighted by atomic mass is 16.5. The lowest BCUT2D eigenvalue weighted by Gasteiger charge is -2.21. The van der Waals surface area contributed by atoms with E-state index in [-0.39, 0.29) is 12.0 Å². The predicted octanol–water partition coefficient (Wildman–Crippen LogP) is 1.88. The lowest BCUT2D eigenvalue weighted by Crippen LogP contribution is -2.25. The number of hydrogen-bond donors (Lipinski definition) is 1. The number of anilines is 2. The lowest BCUT2D eigenvalue weighted by atomic mass is 10.2. The Kier molecular flexibility index (Phi) is 4.70. The molecule has 0 amide bonds. The topological polar surface area (TPSA) is 77.2 Å². The quantitative estimate of drug-likeness (QED) is 0.866. The molecular weight excluding hydrogens is 254 g/mol. The predicted molar refractivity (Wildman–Crippen MR) is 78.6 cm³/mol. The van der Waals surface area contributed by atoms with E-state index in [1.165, 1.54) is 5.56 Å². The summed E-state index contributed by atoms with van der Waals surface area (Å²) in [6.45, 7) is 5.90. The highest BCUT2D eigenvalue weighted by molar-refractivity contribution is 5.37. The van der Waals surface area contributed by atoms with Crippen molar-refractivity contribution in [2.24, 2.45) is 0 Å². The Labute approximate surface area is 118 Å². The Morgan fingerprint density at radius 3 is 2.50 bits per heavy atom. The third kappa shape index (κ3) is 3.57. The zero-order valence-electron chi connectivity index (χ0n) is 11.8. The molecule has 0 saturated heterocycles. The van der Waals surface area contributed by atoms with Crippen LogP contribution >= 0.6 is 0 Å². The Morgan fingerprint density at radius 1 is 1.10 bits per heavy atom. The first-order valence-corrected chi connectivity index (χ1v) is 6.66. The molecular formula is C14H19N5O. The fraction of sp³-hybridized carbons (Fsp3) is 0.357. The Morgan fingerprint density at radius 2 is 1.85 bits per heavy atom. The van der Waals surface area contributed by atoms with Gasteiger partial charge in [0.1, 0.15) is 0 Å². The average molecular weight is 273 g/mol. The Balaban J connectivity index is 2.22. The Bertz CT molecular complexity index is 547. The summed E-state index contributed by atoms with van der Waals surface area (Å²) in [6, 6.07) is 10.4. The summed E-state index contributed by atoms with van der Waals surface area (Å²) in [6.07, 6.45) is 0. The van der Waals surface area contributed by atoms with Crippen LogP contribution in [0, 0.1) is 0 Å². The van der Waals surface area contributed by atoms with Gasteiger partial charge >= 0.3 is 6.01 Å². The average Bonchev–Trinajstić information content (AvgIpc) is 2.45. The summed E-state index contributed by atoms with van der Waals surface area (Å²) >= 11 is 0. The second kappa shape index (κ2) is 6.70. The summed E-state index contributed by atoms with van der Waals surface area (Å²) in [7, 11) is 0. The number of ether oxygens (including phenoxy) is 1. The number of nitrogens with zero attached hydrogens (tertiary/aromatic N) is 4. The van der Waals surface area contributed by atoms with Crippen molar-refractivity contribution in [3.63, 3.8) is 0 Å². The van der Waals surface area contributed by atoms with E-state index in [0.717, 1.165) is 6.54 Å². The van der Waals surface area contributed by atoms with Crippen LogP contribution in [0.4, 0.5) is 11.9 Å². The van der Waals surface area contributed by atoms with Crippen LogP contribution in [0.2, 0.25) is 0 Å². The molecule has 0 atom stereocenters. The maximum absolute atomic E-state index is 5.71. The number of aromatic nitrogens is 3. The smallest absolute Gasteiger partial charge is 0.323 e. The summed E-state index contributed by atoms with van der Waals surface area (Å²) < 4.78 is 5.30. The van der Waals surface area contributed by atoms with Crippen LogP contribution in [0.1, 0.15) is 19.4 Å². The van der Waals surface area contributed by atoms with Crippen molar-refractivity contribution in [3.05, 3.63) is 35.9 Å². The normalized spacial score (nSPS) is 10.3. The van der Waals surface area contributed by atoms with Crippen molar-refractivity contribution in [3.8, 4) is 6.01 Å². The van der Waals surface area contributed by atoms with Gasteiger partial charge in [-0.2, -0.15) is 15.0 Å². The van der Waals surface area contributed by atoms with E-state index in [9.17, 15) is 0 Å². The molecule has 6 heteroatoms. The van der Waals surface area contributed by atoms with Crippen molar-refractivity contribution >= 4 is 11.9 Å². The molecule has 20 heavy (non-hydrogen) atoms. The van der Waals surface area contributed by atoms with Gasteiger partial charge in [-0.1, -0.05) is 30.3 Å². The fourth-order valence-electron chi connectivity index (χ4n) is 1.82. The highest BCUT2D eigenvalue weighted by Crippen LogP contribution is 2.16. The molecule has 0 saturated carbocycles. The van der Waals surface area contributed by atoms with Gasteiger partial charge in [0.2, 0.25) is 11.9 Å². The van der Waals surface area contributed by atoms with Crippen LogP contribution in [0.25, 0.3) is 0 Å². The largest absolute Gasteiger partial charge is 0.464 e. The minimum Gasteiger partial charge on any atom is -0.464 e. The van der Waals surface area contributed by atoms with Gasteiger partial charge in [-0.05, 0) is 19.4 Å². The maximum atomic E-state index is 5.71. The highest BCUT2D eigenvalue weighted by Gasteiger charge is 2.12. The molecule has 2 aromatic rings. The monoisotopic (exact) mass is 273 g/mol. The van der Waals surface area contributed by atoms with Gasteiger partial charge in [0.05, 0.1) is 6.61 Å². The second-order valence-electron chi connectivity index (χ2n) is 4.21. The SMILES string of the molecule is CCOc1nc(N)nc(N(CC)Cc2ccccc2)n1. The lowest BCUT2D eigenvalue weighted by molar-refractivity contribution is 0.312. The van der Waals surface area contributed by atoms with Crippen LogP contribution in [0.3, 0.4) is 0 Å². The Hall–Kier alpha value is -2.37. The van der Waals surface area contributed by atoms with Gasteiger partial charge in [-0.3, -0.25) is 0 Å². The van der Waals surface area contributed by atoms with E-state index < -0.39 is 0 Å². The first kappa shape index (κ1) is 14.0. The van der Waals surface area contributed by atoms with Gasteiger partial charge in [0, 0.05) is 13.1 Å². The molecule has 0 fully saturated rings. The van der Waals surface area contributed by atoms with Crippen LogP contribution in [0.5, 0.6) is 6.01 Å². The molecule has 0 unspecified atom stereocenters. The molecule has 1 aromatic heterocycles. The molecule has 6 nitrogen and oxygen atoms in total. The molecule has 106 valence electrons. The third-order valence-corrected chi connectivity index (χ3v) is 2.77. The first-order valence-electron chi connectivity index (χ1n) is 6.66. The molecule has 0 bridgehead atoms. The van der Waals surface area contributed by atoms with Gasteiger partial charge in [0.25, 0.3) is 0 Å². The third-order valence-electron chi connectivity index (χ3n) is 2.77. The molecule has 1 heterocycles. The van der Waals surface area contributed by atoms with Crippen molar-refractivity contribution in [1.82, 2.24) is 15.0 Å². The molecule has 0 aliphatic rings. The van der Waals surface area contributed by atoms with Gasteiger partial charge in [0.15, 0.2) is 0 Å². The molecule has 0 aliphatic heterocycles. The molecule has 0 radical (unpaired) electrons. The number of nitrogen functional groups attached to an aromatic ring is 1. The van der Waals surface area contributed by atoms with Crippen LogP contribution in [-0.4, -0.2) is 28.1 Å². The zero-order valence-corrected chi connectivity index (χ0v) is 11.8. The fourth-order valence-corrected chi connectivity index (χ4v) is 1.82. The van der Waals surface area contributed by atoms with Crippen LogP contribution in [0.15, 0.2) is 30.3 Å². The minimum atomic E-state index is 0.171. The number of hydrogen-bond acceptors (Lipinski definition) is 6. The van der Waals surface area contributed by atoms with Gasteiger partial charge in [-0.25, -0.2) is 0 Å². The molecule has 0 spiro atoms. The second-order valence-corrected chi connectivity index (χ2v) is 4.21. The summed E-state index contributed by atoms with van der Waals surface area (Å²) in [5.41, 5.74) is 6.89. The maximum Gasteiger partial charge on any atom is 0.323 e. The first-order chi connectivity index (χ1) is 9.72. The standard InChI is InChI=1S/C14H19N5O/c1-3-19(10-11-8-6-5-7-9-11)13-16-12(15)17-14(18-13)20-4-2/h5-9H,3-4,10H2,1-2H3,(H2,15,16,17,18). The van der Waals surface area contributed by atoms with E-state index in [4.69, 9.17) is 10.5 Å². The van der Waals surface area contributed by atoms with Crippen molar-refractivity contribution in [2.45, 2.75) is 20.4 Å². The molecule has 1 aromatic carbocycles. The summed E-state index contributed by atoms with van der Waals surface area (Å²) in [4.78, 5) is 14.5. The van der Waals surface area contributed by atoms with Crippen molar-refractivity contribution < 1.29 is 4.74 Å². The summed E-state index contributed by atoms with van der Waals surface area (Å²) in [5.74, 6) is 0.706. The number of rotatable bonds is 6. The molecule has 2 rings (SSSR count). The minimum absolute atomic E-state index is 0.171. The van der Waals surface area contributed by atoms with Gasteiger partial charge < -0.3 is 15.4 Å². The van der Waals surface area contributed by atoms with E-state index >= 15 is 0 Å². The van der Waals surface area contributed by atoms with Crippen LogP contribution in [-0.2, 0) is 6.54 Å². The molecule has 2 N–H and O–H groups in total. The molecule has 0 aliphatic carbocycles. The van der Waals surface area contributed by atoms with Crippen molar-refractivity contribution in [1.29, 1.82) is 0 Å². The van der Waals surface area contributed by atoms with Crippen molar-refractivity contribution in [2.75, 3.05) is 23.8 Å². The van der Waals surface area contributed by atoms with Crippen LogP contribution < -0.4 is 15.4 Å². The number of benzene rings is 1. The van der Waals surface area contributed by atoms with E-state index in [2.05, 4.69) is 27.1 Å². The van der Waals surface area contributed by atoms with Gasteiger partial charge in [-0.15, -0.1) is 0 Å². The van der Waals surface area contributed by atoms with E-state index in [1.54, 1.807) is 0 Å². The number of nitrogens with two attached hydrogens (primary N) is 1. The zero-order chi connectivity index (χ0) is 14.4. The van der Waals surface area contributed by atoms with E-state index in [1.807, 2.05) is 36.9 Å².